The van der Waals surface area contributed by atoms with Crippen LogP contribution in [0.3, 0.4) is 0 Å². The third kappa shape index (κ3) is 3.51. The molecule has 5 heteroatoms. The highest BCUT2D eigenvalue weighted by molar-refractivity contribution is 5.94. The number of amides is 1. The second-order valence-electron chi connectivity index (χ2n) is 7.55. The molecule has 0 saturated carbocycles. The predicted molar refractivity (Wildman–Crippen MR) is 113 cm³/mol. The van der Waals surface area contributed by atoms with E-state index in [-0.39, 0.29) is 11.9 Å². The van der Waals surface area contributed by atoms with Gasteiger partial charge in [-0.1, -0.05) is 53.7 Å². The number of para-hydroxylation sites is 1. The van der Waals surface area contributed by atoms with E-state index in [1.807, 2.05) is 59.3 Å². The molecule has 1 heterocycles. The van der Waals surface area contributed by atoms with Gasteiger partial charge in [-0.2, -0.15) is 0 Å². The van der Waals surface area contributed by atoms with Crippen LogP contribution in [0, 0.1) is 0 Å². The van der Waals surface area contributed by atoms with Gasteiger partial charge in [0.1, 0.15) is 5.52 Å². The van der Waals surface area contributed by atoms with Crippen molar-refractivity contribution in [1.29, 1.82) is 0 Å². The number of aryl methyl sites for hydroxylation is 1. The summed E-state index contributed by atoms with van der Waals surface area (Å²) in [5.74, 6) is -0.0236. The molecule has 1 aliphatic carbocycles. The largest absolute Gasteiger partial charge is 0.345 e. The third-order valence-electron chi connectivity index (χ3n) is 5.64. The molecule has 5 rings (SSSR count). The van der Waals surface area contributed by atoms with E-state index in [1.54, 1.807) is 0 Å². The van der Waals surface area contributed by atoms with Crippen LogP contribution in [-0.4, -0.2) is 20.9 Å². The van der Waals surface area contributed by atoms with Crippen molar-refractivity contribution in [3.05, 3.63) is 95.1 Å². The molecule has 1 aromatic heterocycles. The zero-order valence-electron chi connectivity index (χ0n) is 16.1. The van der Waals surface area contributed by atoms with Crippen molar-refractivity contribution < 1.29 is 4.79 Å². The summed E-state index contributed by atoms with van der Waals surface area (Å²) in [6.45, 7) is 0.623. The number of nitrogens with zero attached hydrogens (tertiary/aromatic N) is 3. The zero-order chi connectivity index (χ0) is 19.6. The van der Waals surface area contributed by atoms with E-state index in [9.17, 15) is 4.79 Å². The minimum Gasteiger partial charge on any atom is -0.345 e. The Morgan fingerprint density at radius 1 is 1.00 bits per heavy atom. The molecular weight excluding hydrogens is 360 g/mol. The molecular formula is C24H22N4O. The molecule has 0 radical (unpaired) electrons. The average molecular weight is 382 g/mol. The van der Waals surface area contributed by atoms with Crippen molar-refractivity contribution in [3.8, 4) is 0 Å². The van der Waals surface area contributed by atoms with Crippen LogP contribution in [0.1, 0.15) is 45.9 Å². The van der Waals surface area contributed by atoms with Gasteiger partial charge in [0.25, 0.3) is 5.91 Å². The first kappa shape index (κ1) is 17.6. The summed E-state index contributed by atoms with van der Waals surface area (Å²) in [5.41, 5.74) is 6.25. The van der Waals surface area contributed by atoms with Gasteiger partial charge in [0, 0.05) is 5.56 Å². The van der Waals surface area contributed by atoms with Gasteiger partial charge >= 0.3 is 0 Å². The van der Waals surface area contributed by atoms with E-state index in [4.69, 9.17) is 0 Å². The molecule has 144 valence electrons. The minimum absolute atomic E-state index is 0.0236. The maximum absolute atomic E-state index is 12.8. The number of hydrogen-bond acceptors (Lipinski definition) is 3. The summed E-state index contributed by atoms with van der Waals surface area (Å²) in [6, 6.07) is 24.2. The Morgan fingerprint density at radius 3 is 2.69 bits per heavy atom. The normalized spacial score (nSPS) is 15.8. The predicted octanol–water partition coefficient (Wildman–Crippen LogP) is 4.29. The van der Waals surface area contributed by atoms with Gasteiger partial charge in [-0.25, -0.2) is 4.68 Å². The lowest BCUT2D eigenvalue weighted by Crippen LogP contribution is -2.30. The van der Waals surface area contributed by atoms with Crippen molar-refractivity contribution in [1.82, 2.24) is 20.3 Å². The van der Waals surface area contributed by atoms with Crippen LogP contribution in [0.5, 0.6) is 0 Å². The summed E-state index contributed by atoms with van der Waals surface area (Å²) in [5, 5.41) is 11.6. The summed E-state index contributed by atoms with van der Waals surface area (Å²) >= 11 is 0. The molecule has 0 aliphatic heterocycles. The summed E-state index contributed by atoms with van der Waals surface area (Å²) in [7, 11) is 0. The highest BCUT2D eigenvalue weighted by atomic mass is 16.1. The monoisotopic (exact) mass is 382 g/mol. The zero-order valence-corrected chi connectivity index (χ0v) is 16.1. The molecule has 0 unspecified atom stereocenters. The van der Waals surface area contributed by atoms with Crippen molar-refractivity contribution >= 4 is 16.9 Å². The number of carbonyl (C=O) groups is 1. The summed E-state index contributed by atoms with van der Waals surface area (Å²) in [6.07, 6.45) is 3.18. The highest BCUT2D eigenvalue weighted by Gasteiger charge is 2.21. The minimum atomic E-state index is -0.0236. The molecule has 0 spiro atoms. The van der Waals surface area contributed by atoms with E-state index >= 15 is 0 Å². The molecule has 1 aliphatic rings. The Labute approximate surface area is 169 Å². The van der Waals surface area contributed by atoms with Crippen LogP contribution in [-0.2, 0) is 13.0 Å². The lowest BCUT2D eigenvalue weighted by molar-refractivity contribution is 0.0932. The van der Waals surface area contributed by atoms with Crippen LogP contribution in [0.15, 0.2) is 72.8 Å². The SMILES string of the molecule is O=C(N[C@H]1CCCc2ccccc21)c1ccc(Cn2nnc3ccccc32)cc1. The van der Waals surface area contributed by atoms with E-state index in [0.29, 0.717) is 12.1 Å². The quantitative estimate of drug-likeness (QED) is 0.573. The molecule has 4 aromatic rings. The highest BCUT2D eigenvalue weighted by Crippen LogP contribution is 2.29. The maximum Gasteiger partial charge on any atom is 0.251 e. The fourth-order valence-electron chi connectivity index (χ4n) is 4.11. The Morgan fingerprint density at radius 2 is 1.79 bits per heavy atom. The van der Waals surface area contributed by atoms with Gasteiger partial charge in [0.2, 0.25) is 0 Å². The molecule has 0 saturated heterocycles. The molecule has 1 N–H and O–H groups in total. The number of rotatable bonds is 4. The maximum atomic E-state index is 12.8. The molecule has 5 nitrogen and oxygen atoms in total. The number of hydrogen-bond donors (Lipinski definition) is 1. The van der Waals surface area contributed by atoms with Gasteiger partial charge in [0.15, 0.2) is 0 Å². The molecule has 1 amide bonds. The van der Waals surface area contributed by atoms with E-state index in [0.717, 1.165) is 35.9 Å². The smallest absolute Gasteiger partial charge is 0.251 e. The number of nitrogens with one attached hydrogen (secondary N) is 1. The molecule has 0 bridgehead atoms. The lowest BCUT2D eigenvalue weighted by Gasteiger charge is -2.26. The first-order chi connectivity index (χ1) is 14.3. The van der Waals surface area contributed by atoms with Crippen LogP contribution in [0.4, 0.5) is 0 Å². The Hall–Kier alpha value is -3.47. The summed E-state index contributed by atoms with van der Waals surface area (Å²) in [4.78, 5) is 12.8. The third-order valence-corrected chi connectivity index (χ3v) is 5.64. The number of benzene rings is 3. The second-order valence-corrected chi connectivity index (χ2v) is 7.55. The topological polar surface area (TPSA) is 59.8 Å². The standard InChI is InChI=1S/C24H22N4O/c29-24(25-21-10-5-7-18-6-1-2-8-20(18)21)19-14-12-17(13-15-19)16-28-23-11-4-3-9-22(23)26-27-28/h1-4,6,8-9,11-15,21H,5,7,10,16H2,(H,25,29)/t21-/m0/s1. The van der Waals surface area contributed by atoms with E-state index < -0.39 is 0 Å². The average Bonchev–Trinajstić information content (AvgIpc) is 3.17. The molecule has 0 fully saturated rings. The fraction of sp³-hybridized carbons (Fsp3) is 0.208. The van der Waals surface area contributed by atoms with Crippen molar-refractivity contribution in [2.45, 2.75) is 31.8 Å². The first-order valence-corrected chi connectivity index (χ1v) is 10.0. The Bertz CT molecular complexity index is 1160. The molecule has 1 atom stereocenters. The first-order valence-electron chi connectivity index (χ1n) is 10.0. The van der Waals surface area contributed by atoms with Crippen LogP contribution in [0.25, 0.3) is 11.0 Å². The number of aromatic nitrogens is 3. The Kier molecular flexibility index (Phi) is 4.56. The van der Waals surface area contributed by atoms with Crippen molar-refractivity contribution in [3.63, 3.8) is 0 Å². The fourth-order valence-corrected chi connectivity index (χ4v) is 4.11. The molecule has 3 aromatic carbocycles. The van der Waals surface area contributed by atoms with Gasteiger partial charge in [-0.3, -0.25) is 4.79 Å². The second kappa shape index (κ2) is 7.51. The van der Waals surface area contributed by atoms with Crippen LogP contribution < -0.4 is 5.32 Å². The van der Waals surface area contributed by atoms with Gasteiger partial charge < -0.3 is 5.32 Å². The lowest BCUT2D eigenvalue weighted by atomic mass is 9.87. The number of carbonyl (C=O) groups excluding carboxylic acids is 1. The molecule has 29 heavy (non-hydrogen) atoms. The van der Waals surface area contributed by atoms with Crippen LogP contribution >= 0.6 is 0 Å². The van der Waals surface area contributed by atoms with Gasteiger partial charge in [-0.15, -0.1) is 5.10 Å². The van der Waals surface area contributed by atoms with Gasteiger partial charge in [0.05, 0.1) is 18.1 Å². The number of fused-ring (bicyclic) bond motifs is 2. The van der Waals surface area contributed by atoms with Crippen molar-refractivity contribution in [2.75, 3.05) is 0 Å². The summed E-state index contributed by atoms with van der Waals surface area (Å²) < 4.78 is 1.88. The van der Waals surface area contributed by atoms with E-state index in [2.05, 4.69) is 33.8 Å². The van der Waals surface area contributed by atoms with E-state index in [1.165, 1.54) is 11.1 Å². The van der Waals surface area contributed by atoms with Crippen LogP contribution in [0.2, 0.25) is 0 Å². The van der Waals surface area contributed by atoms with Gasteiger partial charge in [-0.05, 0) is 60.2 Å². The van der Waals surface area contributed by atoms with Crippen molar-refractivity contribution in [2.24, 2.45) is 0 Å². The Balaban J connectivity index is 1.30.